The summed E-state index contributed by atoms with van der Waals surface area (Å²) in [7, 11) is 1.63. The van der Waals surface area contributed by atoms with Gasteiger partial charge in [-0.1, -0.05) is 0 Å². The van der Waals surface area contributed by atoms with Crippen LogP contribution in [0.25, 0.3) is 0 Å². The number of carboxylic acid groups (broad SMARTS) is 1. The van der Waals surface area contributed by atoms with E-state index in [1.165, 1.54) is 0 Å². The lowest BCUT2D eigenvalue weighted by Gasteiger charge is -2.29. The third-order valence-electron chi connectivity index (χ3n) is 2.44. The topological polar surface area (TPSA) is 58.6 Å². The molecule has 1 aliphatic rings. The first-order valence-electron chi connectivity index (χ1n) is 4.17. The van der Waals surface area contributed by atoms with E-state index in [2.05, 4.69) is 5.32 Å². The molecule has 76 valence electrons. The lowest BCUT2D eigenvalue weighted by molar-refractivity contribution is -0.139. The molecule has 1 heterocycles. The predicted molar refractivity (Wildman–Crippen MR) is 51.9 cm³/mol. The zero-order valence-electron chi connectivity index (χ0n) is 8.03. The van der Waals surface area contributed by atoms with Crippen LogP contribution in [0.15, 0.2) is 0 Å². The Hall–Kier alpha value is -0.260. The highest BCUT2D eigenvalue weighted by atomic mass is 32.2. The van der Waals surface area contributed by atoms with E-state index in [0.717, 1.165) is 0 Å². The molecule has 1 aliphatic heterocycles. The van der Waals surface area contributed by atoms with Crippen molar-refractivity contribution in [2.75, 3.05) is 12.9 Å². The summed E-state index contributed by atoms with van der Waals surface area (Å²) in [6.07, 6.45) is 0.00171. The van der Waals surface area contributed by atoms with Crippen LogP contribution in [0.4, 0.5) is 0 Å². The third kappa shape index (κ3) is 2.15. The summed E-state index contributed by atoms with van der Waals surface area (Å²) in [6, 6.07) is -0.451. The molecule has 4 nitrogen and oxygen atoms in total. The van der Waals surface area contributed by atoms with Gasteiger partial charge in [0.1, 0.15) is 6.04 Å². The molecule has 1 fully saturated rings. The van der Waals surface area contributed by atoms with E-state index >= 15 is 0 Å². The van der Waals surface area contributed by atoms with Gasteiger partial charge in [-0.05, 0) is 13.8 Å². The van der Waals surface area contributed by atoms with Gasteiger partial charge >= 0.3 is 5.97 Å². The van der Waals surface area contributed by atoms with E-state index < -0.39 is 12.0 Å². The Bertz CT molecular complexity index is 212. The molecule has 0 amide bonds. The Kier molecular flexibility index (Phi) is 3.21. The van der Waals surface area contributed by atoms with Crippen LogP contribution < -0.4 is 5.32 Å². The molecule has 1 rings (SSSR count). The van der Waals surface area contributed by atoms with Crippen molar-refractivity contribution in [2.45, 2.75) is 30.9 Å². The van der Waals surface area contributed by atoms with E-state index in [1.54, 1.807) is 18.9 Å². The minimum atomic E-state index is -0.792. The van der Waals surface area contributed by atoms with Gasteiger partial charge in [0, 0.05) is 12.9 Å². The Morgan fingerprint density at radius 3 is 2.85 bits per heavy atom. The highest BCUT2D eigenvalue weighted by molar-refractivity contribution is 8.01. The second-order valence-electron chi connectivity index (χ2n) is 3.33. The molecule has 0 saturated carbocycles. The number of thioether (sulfide) groups is 1. The van der Waals surface area contributed by atoms with Gasteiger partial charge in [-0.15, -0.1) is 11.8 Å². The second-order valence-corrected chi connectivity index (χ2v) is 4.80. The Balaban J connectivity index is 2.60. The van der Waals surface area contributed by atoms with Gasteiger partial charge in [0.25, 0.3) is 0 Å². The minimum Gasteiger partial charge on any atom is -0.480 e. The molecule has 2 N–H and O–H groups in total. The predicted octanol–water partition coefficient (Wildman–Crippen LogP) is 0.527. The van der Waals surface area contributed by atoms with Gasteiger partial charge < -0.3 is 9.84 Å². The molecule has 0 aromatic heterocycles. The zero-order chi connectivity index (χ0) is 10.1. The van der Waals surface area contributed by atoms with Crippen molar-refractivity contribution < 1.29 is 14.6 Å². The molecule has 3 unspecified atom stereocenters. The molecule has 0 spiro atoms. The van der Waals surface area contributed by atoms with Crippen molar-refractivity contribution in [1.82, 2.24) is 5.32 Å². The van der Waals surface area contributed by atoms with Gasteiger partial charge in [0.2, 0.25) is 0 Å². The summed E-state index contributed by atoms with van der Waals surface area (Å²) in [5.74, 6) is -0.195. The molecule has 0 aromatic rings. The zero-order valence-corrected chi connectivity index (χ0v) is 8.85. The number of carbonyl (C=O) groups is 1. The van der Waals surface area contributed by atoms with E-state index in [4.69, 9.17) is 9.84 Å². The van der Waals surface area contributed by atoms with Crippen molar-refractivity contribution in [3.8, 4) is 0 Å². The second kappa shape index (κ2) is 3.86. The summed E-state index contributed by atoms with van der Waals surface area (Å²) in [5.41, 5.74) is 0. The van der Waals surface area contributed by atoms with Crippen molar-refractivity contribution in [2.24, 2.45) is 0 Å². The van der Waals surface area contributed by atoms with Crippen LogP contribution >= 0.6 is 11.8 Å². The molecule has 0 aromatic carbocycles. The first-order valence-corrected chi connectivity index (χ1v) is 5.15. The fourth-order valence-corrected chi connectivity index (χ4v) is 2.57. The summed E-state index contributed by atoms with van der Waals surface area (Å²) < 4.78 is 5.19. The van der Waals surface area contributed by atoms with Crippen LogP contribution in [-0.4, -0.2) is 41.0 Å². The number of methoxy groups -OCH3 is 1. The fraction of sp³-hybridized carbons (Fsp3) is 0.875. The number of hydrogen-bond acceptors (Lipinski definition) is 4. The molecule has 0 radical (unpaired) electrons. The molecule has 0 bridgehead atoms. The molecular weight excluding hydrogens is 190 g/mol. The summed E-state index contributed by atoms with van der Waals surface area (Å²) in [6.45, 7) is 3.90. The third-order valence-corrected chi connectivity index (χ3v) is 3.99. The molecule has 3 atom stereocenters. The van der Waals surface area contributed by atoms with Crippen molar-refractivity contribution in [1.29, 1.82) is 0 Å². The largest absolute Gasteiger partial charge is 0.480 e. The molecule has 5 heteroatoms. The maximum absolute atomic E-state index is 10.7. The van der Waals surface area contributed by atoms with Crippen molar-refractivity contribution >= 4 is 17.7 Å². The number of ether oxygens (including phenoxy) is 1. The average molecular weight is 205 g/mol. The molecule has 13 heavy (non-hydrogen) atoms. The fourth-order valence-electron chi connectivity index (χ4n) is 1.28. The first kappa shape index (κ1) is 10.8. The smallest absolute Gasteiger partial charge is 0.321 e. The van der Waals surface area contributed by atoms with Gasteiger partial charge in [-0.25, -0.2) is 0 Å². The Labute approximate surface area is 82.0 Å². The lowest BCUT2D eigenvalue weighted by atomic mass is 10.2. The maximum Gasteiger partial charge on any atom is 0.321 e. The van der Waals surface area contributed by atoms with Crippen LogP contribution in [0.3, 0.4) is 0 Å². The summed E-state index contributed by atoms with van der Waals surface area (Å²) in [5, 5.41) is 11.8. The van der Waals surface area contributed by atoms with E-state index in [9.17, 15) is 4.79 Å². The first-order chi connectivity index (χ1) is 5.99. The quantitative estimate of drug-likeness (QED) is 0.703. The van der Waals surface area contributed by atoms with Crippen molar-refractivity contribution in [3.63, 3.8) is 0 Å². The minimum absolute atomic E-state index is 0.00171. The van der Waals surface area contributed by atoms with Gasteiger partial charge in [0.15, 0.2) is 0 Å². The van der Waals surface area contributed by atoms with Gasteiger partial charge in [-0.2, -0.15) is 0 Å². The van der Waals surface area contributed by atoms with E-state index in [1.807, 2.05) is 13.8 Å². The van der Waals surface area contributed by atoms with Crippen LogP contribution in [0.2, 0.25) is 0 Å². The van der Waals surface area contributed by atoms with E-state index in [0.29, 0.717) is 5.75 Å². The van der Waals surface area contributed by atoms with Crippen LogP contribution in [-0.2, 0) is 9.53 Å². The SMILES string of the molecule is COC(C)C1(C)NC(C(=O)O)CS1. The molecular formula is C8H15NO3S. The Morgan fingerprint density at radius 1 is 1.85 bits per heavy atom. The summed E-state index contributed by atoms with van der Waals surface area (Å²) in [4.78, 5) is 10.4. The van der Waals surface area contributed by atoms with Gasteiger partial charge in [0.05, 0.1) is 11.0 Å². The number of aliphatic carboxylic acids is 1. The lowest BCUT2D eigenvalue weighted by Crippen LogP contribution is -2.49. The normalized spacial score (nSPS) is 36.1. The van der Waals surface area contributed by atoms with Crippen molar-refractivity contribution in [3.05, 3.63) is 0 Å². The number of hydrogen-bond donors (Lipinski definition) is 2. The molecule has 0 aliphatic carbocycles. The standard InChI is InChI=1S/C8H15NO3S/c1-5(12-3)8(2)9-6(4-13-8)7(10)11/h5-6,9H,4H2,1-3H3,(H,10,11). The van der Waals surface area contributed by atoms with Crippen LogP contribution in [0.1, 0.15) is 13.8 Å². The highest BCUT2D eigenvalue weighted by Gasteiger charge is 2.42. The highest BCUT2D eigenvalue weighted by Crippen LogP contribution is 2.34. The van der Waals surface area contributed by atoms with E-state index in [-0.39, 0.29) is 11.0 Å². The average Bonchev–Trinajstić information content (AvgIpc) is 2.48. The number of carboxylic acids is 1. The van der Waals surface area contributed by atoms with Crippen LogP contribution in [0.5, 0.6) is 0 Å². The number of rotatable bonds is 3. The maximum atomic E-state index is 10.7. The molecule has 1 saturated heterocycles. The summed E-state index contributed by atoms with van der Waals surface area (Å²) >= 11 is 1.60. The van der Waals surface area contributed by atoms with Crippen LogP contribution in [0, 0.1) is 0 Å². The van der Waals surface area contributed by atoms with Gasteiger partial charge in [-0.3, -0.25) is 10.1 Å². The number of nitrogens with one attached hydrogen (secondary N) is 1. The monoisotopic (exact) mass is 205 g/mol. The Morgan fingerprint density at radius 2 is 2.46 bits per heavy atom.